The van der Waals surface area contributed by atoms with E-state index in [0.717, 1.165) is 12.2 Å². The second-order valence-corrected chi connectivity index (χ2v) is 5.58. The molecule has 0 bridgehead atoms. The summed E-state index contributed by atoms with van der Waals surface area (Å²) in [6.07, 6.45) is 1.09. The lowest BCUT2D eigenvalue weighted by atomic mass is 9.97. The lowest BCUT2D eigenvalue weighted by Crippen LogP contribution is -2.17. The van der Waals surface area contributed by atoms with Crippen LogP contribution in [0, 0.1) is 5.92 Å². The van der Waals surface area contributed by atoms with E-state index in [1.165, 1.54) is 11.1 Å². The van der Waals surface area contributed by atoms with Crippen LogP contribution < -0.4 is 5.32 Å². The molecule has 2 nitrogen and oxygen atoms in total. The van der Waals surface area contributed by atoms with Gasteiger partial charge in [-0.3, -0.25) is 0 Å². The van der Waals surface area contributed by atoms with Gasteiger partial charge < -0.3 is 9.73 Å². The van der Waals surface area contributed by atoms with Gasteiger partial charge in [0.25, 0.3) is 0 Å². The van der Waals surface area contributed by atoms with E-state index >= 15 is 0 Å². The van der Waals surface area contributed by atoms with Gasteiger partial charge in [0.05, 0.1) is 6.04 Å². The van der Waals surface area contributed by atoms with Crippen LogP contribution in [0.2, 0.25) is 5.22 Å². The van der Waals surface area contributed by atoms with Crippen LogP contribution in [0.3, 0.4) is 0 Å². The second kappa shape index (κ2) is 6.27. The maximum absolute atomic E-state index is 5.85. The van der Waals surface area contributed by atoms with Gasteiger partial charge in [0.2, 0.25) is 0 Å². The molecule has 0 fully saturated rings. The maximum atomic E-state index is 5.85. The first-order chi connectivity index (χ1) is 9.10. The fraction of sp³-hybridized carbons (Fsp3) is 0.375. The second-order valence-electron chi connectivity index (χ2n) is 5.21. The molecule has 102 valence electrons. The van der Waals surface area contributed by atoms with Gasteiger partial charge in [0.1, 0.15) is 5.76 Å². The maximum Gasteiger partial charge on any atom is 0.193 e. The van der Waals surface area contributed by atoms with Gasteiger partial charge >= 0.3 is 0 Å². The van der Waals surface area contributed by atoms with Gasteiger partial charge in [0, 0.05) is 0 Å². The van der Waals surface area contributed by atoms with Crippen LogP contribution in [0.25, 0.3) is 0 Å². The number of hydrogen-bond donors (Lipinski definition) is 1. The van der Waals surface area contributed by atoms with Gasteiger partial charge in [-0.05, 0) is 54.2 Å². The quantitative estimate of drug-likeness (QED) is 0.874. The average molecular weight is 278 g/mol. The zero-order valence-electron chi connectivity index (χ0n) is 11.6. The zero-order chi connectivity index (χ0) is 13.8. The summed E-state index contributed by atoms with van der Waals surface area (Å²) >= 11 is 5.85. The van der Waals surface area contributed by atoms with Crippen LogP contribution >= 0.6 is 11.6 Å². The highest BCUT2D eigenvalue weighted by Crippen LogP contribution is 2.26. The Balaban J connectivity index is 2.28. The summed E-state index contributed by atoms with van der Waals surface area (Å²) in [7, 11) is 1.93. The summed E-state index contributed by atoms with van der Waals surface area (Å²) in [6.45, 7) is 4.46. The molecule has 1 aromatic heterocycles. The van der Waals surface area contributed by atoms with E-state index < -0.39 is 0 Å². The molecule has 0 radical (unpaired) electrons. The molecule has 0 amide bonds. The van der Waals surface area contributed by atoms with Crippen LogP contribution in [-0.2, 0) is 6.42 Å². The largest absolute Gasteiger partial charge is 0.448 e. The van der Waals surface area contributed by atoms with Gasteiger partial charge in [-0.25, -0.2) is 0 Å². The first kappa shape index (κ1) is 14.2. The predicted octanol–water partition coefficient (Wildman–Crippen LogP) is 4.44. The molecule has 0 saturated carbocycles. The van der Waals surface area contributed by atoms with Gasteiger partial charge in [-0.1, -0.05) is 38.1 Å². The van der Waals surface area contributed by atoms with Crippen molar-refractivity contribution in [3.05, 3.63) is 58.5 Å². The van der Waals surface area contributed by atoms with Crippen LogP contribution in [0.15, 0.2) is 40.8 Å². The summed E-state index contributed by atoms with van der Waals surface area (Å²) in [4.78, 5) is 0. The molecule has 1 heterocycles. The van der Waals surface area contributed by atoms with E-state index in [0.29, 0.717) is 11.1 Å². The molecule has 2 aromatic rings. The Kier molecular flexibility index (Phi) is 4.67. The molecule has 2 rings (SSSR count). The van der Waals surface area contributed by atoms with E-state index in [-0.39, 0.29) is 6.04 Å². The minimum Gasteiger partial charge on any atom is -0.448 e. The molecule has 1 unspecified atom stereocenters. The normalized spacial score (nSPS) is 12.9. The first-order valence-electron chi connectivity index (χ1n) is 6.61. The van der Waals surface area contributed by atoms with Gasteiger partial charge in [-0.2, -0.15) is 0 Å². The van der Waals surface area contributed by atoms with E-state index in [9.17, 15) is 0 Å². The predicted molar refractivity (Wildman–Crippen MR) is 79.6 cm³/mol. The SMILES string of the molecule is CNC(c1cccc(CC(C)C)c1)c1ccc(Cl)o1. The van der Waals surface area contributed by atoms with Crippen molar-refractivity contribution in [1.29, 1.82) is 0 Å². The standard InChI is InChI=1S/C16H20ClNO/c1-11(2)9-12-5-4-6-13(10-12)16(18-3)14-7-8-15(17)19-14/h4-8,10-11,16,18H,9H2,1-3H3. The summed E-state index contributed by atoms with van der Waals surface area (Å²) in [5.41, 5.74) is 2.55. The summed E-state index contributed by atoms with van der Waals surface area (Å²) in [5, 5.41) is 3.70. The smallest absolute Gasteiger partial charge is 0.193 e. The molecule has 0 saturated heterocycles. The van der Waals surface area contributed by atoms with Crippen molar-refractivity contribution >= 4 is 11.6 Å². The van der Waals surface area contributed by atoms with Crippen molar-refractivity contribution in [2.75, 3.05) is 7.05 Å². The molecule has 0 spiro atoms. The van der Waals surface area contributed by atoms with Crippen molar-refractivity contribution in [2.24, 2.45) is 5.92 Å². The highest BCUT2D eigenvalue weighted by Gasteiger charge is 2.16. The highest BCUT2D eigenvalue weighted by molar-refractivity contribution is 6.28. The Morgan fingerprint density at radius 2 is 2.00 bits per heavy atom. The number of hydrogen-bond acceptors (Lipinski definition) is 2. The molecule has 19 heavy (non-hydrogen) atoms. The molecule has 1 N–H and O–H groups in total. The van der Waals surface area contributed by atoms with Crippen LogP contribution in [0.5, 0.6) is 0 Å². The van der Waals surface area contributed by atoms with Crippen molar-refractivity contribution in [1.82, 2.24) is 5.32 Å². The van der Waals surface area contributed by atoms with E-state index in [1.807, 2.05) is 13.1 Å². The van der Waals surface area contributed by atoms with E-state index in [2.05, 4.69) is 43.4 Å². The minimum atomic E-state index is 0.0413. The Morgan fingerprint density at radius 1 is 1.21 bits per heavy atom. The minimum absolute atomic E-state index is 0.0413. The van der Waals surface area contributed by atoms with Crippen LogP contribution in [-0.4, -0.2) is 7.05 Å². The average Bonchev–Trinajstić information content (AvgIpc) is 2.76. The highest BCUT2D eigenvalue weighted by atomic mass is 35.5. The molecular formula is C16H20ClNO. The number of nitrogens with one attached hydrogen (secondary N) is 1. The topological polar surface area (TPSA) is 25.2 Å². The fourth-order valence-electron chi connectivity index (χ4n) is 2.33. The van der Waals surface area contributed by atoms with Crippen LogP contribution in [0.4, 0.5) is 0 Å². The summed E-state index contributed by atoms with van der Waals surface area (Å²) in [6, 6.07) is 12.4. The third-order valence-electron chi connectivity index (χ3n) is 3.10. The molecule has 0 aliphatic heterocycles. The Hall–Kier alpha value is -1.25. The summed E-state index contributed by atoms with van der Waals surface area (Å²) < 4.78 is 5.51. The number of halogens is 1. The molecule has 0 aliphatic rings. The van der Waals surface area contributed by atoms with E-state index in [4.69, 9.17) is 16.0 Å². The zero-order valence-corrected chi connectivity index (χ0v) is 12.4. The van der Waals surface area contributed by atoms with Crippen molar-refractivity contribution in [2.45, 2.75) is 26.3 Å². The monoisotopic (exact) mass is 277 g/mol. The van der Waals surface area contributed by atoms with Crippen molar-refractivity contribution < 1.29 is 4.42 Å². The van der Waals surface area contributed by atoms with Crippen molar-refractivity contribution in [3.8, 4) is 0 Å². The fourth-order valence-corrected chi connectivity index (χ4v) is 2.48. The summed E-state index contributed by atoms with van der Waals surface area (Å²) in [5.74, 6) is 1.50. The molecule has 1 atom stereocenters. The molecule has 0 aliphatic carbocycles. The van der Waals surface area contributed by atoms with Gasteiger partial charge in [0.15, 0.2) is 5.22 Å². The van der Waals surface area contributed by atoms with Crippen LogP contribution in [0.1, 0.15) is 36.8 Å². The number of benzene rings is 1. The molecular weight excluding hydrogens is 258 g/mol. The Morgan fingerprint density at radius 3 is 2.58 bits per heavy atom. The number of rotatable bonds is 5. The third kappa shape index (κ3) is 3.62. The molecule has 3 heteroatoms. The van der Waals surface area contributed by atoms with E-state index in [1.54, 1.807) is 6.07 Å². The number of furan rings is 1. The van der Waals surface area contributed by atoms with Crippen molar-refractivity contribution in [3.63, 3.8) is 0 Å². The Bertz CT molecular complexity index is 533. The Labute approximate surface area is 119 Å². The third-order valence-corrected chi connectivity index (χ3v) is 3.30. The lowest BCUT2D eigenvalue weighted by molar-refractivity contribution is 0.464. The lowest BCUT2D eigenvalue weighted by Gasteiger charge is -2.15. The molecule has 1 aromatic carbocycles. The van der Waals surface area contributed by atoms with Gasteiger partial charge in [-0.15, -0.1) is 0 Å². The first-order valence-corrected chi connectivity index (χ1v) is 6.99.